The number of aryl methyl sites for hydroxylation is 1. The third-order valence-corrected chi connectivity index (χ3v) is 7.37. The number of ether oxygens (including phenoxy) is 2. The van der Waals surface area contributed by atoms with Crippen LogP contribution >= 0.6 is 0 Å². The minimum atomic E-state index is -0.347. The molecule has 5 rings (SSSR count). The first-order chi connectivity index (χ1) is 16.5. The number of fused-ring (bicyclic) bond motifs is 2. The molecule has 2 aliphatic rings. The molecule has 1 aliphatic carbocycles. The number of rotatable bonds is 9. The number of aromatic amines is 1. The van der Waals surface area contributed by atoms with Gasteiger partial charge in [-0.3, -0.25) is 9.69 Å². The van der Waals surface area contributed by atoms with E-state index in [4.69, 9.17) is 15.2 Å². The second-order valence-corrected chi connectivity index (χ2v) is 9.48. The first kappa shape index (κ1) is 22.7. The van der Waals surface area contributed by atoms with Crippen molar-refractivity contribution in [2.75, 3.05) is 20.3 Å². The Balaban J connectivity index is 1.32. The fourth-order valence-electron chi connectivity index (χ4n) is 5.42. The van der Waals surface area contributed by atoms with Crippen LogP contribution in [0, 0.1) is 5.82 Å². The molecule has 0 bridgehead atoms. The van der Waals surface area contributed by atoms with Crippen molar-refractivity contribution in [1.29, 1.82) is 0 Å². The number of aromatic nitrogens is 1. The Kier molecular flexibility index (Phi) is 6.46. The zero-order valence-electron chi connectivity index (χ0n) is 19.6. The number of hydrogen-bond donors (Lipinski definition) is 2. The van der Waals surface area contributed by atoms with Crippen molar-refractivity contribution in [2.24, 2.45) is 5.73 Å². The van der Waals surface area contributed by atoms with E-state index >= 15 is 0 Å². The molecule has 0 unspecified atom stereocenters. The second-order valence-electron chi connectivity index (χ2n) is 9.48. The number of hydrogen-bond acceptors (Lipinski definition) is 4. The number of benzene rings is 2. The molecule has 34 heavy (non-hydrogen) atoms. The van der Waals surface area contributed by atoms with Crippen LogP contribution in [0.2, 0.25) is 0 Å². The van der Waals surface area contributed by atoms with Crippen molar-refractivity contribution in [2.45, 2.75) is 57.0 Å². The van der Waals surface area contributed by atoms with E-state index in [1.807, 2.05) is 18.3 Å². The number of primary amides is 1. The Morgan fingerprint density at radius 2 is 2.09 bits per heavy atom. The van der Waals surface area contributed by atoms with Gasteiger partial charge in [0.2, 0.25) is 5.91 Å². The van der Waals surface area contributed by atoms with Gasteiger partial charge in [-0.15, -0.1) is 0 Å². The summed E-state index contributed by atoms with van der Waals surface area (Å²) in [6.07, 6.45) is 8.54. The van der Waals surface area contributed by atoms with Crippen LogP contribution in [0.25, 0.3) is 10.9 Å². The number of methoxy groups -OCH3 is 1. The summed E-state index contributed by atoms with van der Waals surface area (Å²) < 4.78 is 25.5. The number of carbonyl (C=O) groups excluding carboxylic acids is 1. The predicted molar refractivity (Wildman–Crippen MR) is 130 cm³/mol. The number of amides is 1. The molecule has 3 aromatic rings. The molecule has 1 aliphatic heterocycles. The highest BCUT2D eigenvalue weighted by Gasteiger charge is 2.35. The van der Waals surface area contributed by atoms with E-state index in [0.717, 1.165) is 59.2 Å². The smallest absolute Gasteiger partial charge is 0.221 e. The van der Waals surface area contributed by atoms with Gasteiger partial charge in [0.15, 0.2) is 11.5 Å². The topological polar surface area (TPSA) is 80.6 Å². The van der Waals surface area contributed by atoms with Gasteiger partial charge >= 0.3 is 0 Å². The minimum Gasteiger partial charge on any atom is -0.493 e. The fourth-order valence-corrected chi connectivity index (χ4v) is 5.42. The van der Waals surface area contributed by atoms with Gasteiger partial charge in [0.1, 0.15) is 12.4 Å². The molecule has 1 fully saturated rings. The maximum atomic E-state index is 13.8. The summed E-state index contributed by atoms with van der Waals surface area (Å²) >= 11 is 0. The molecular formula is C27H32FN3O3. The lowest BCUT2D eigenvalue weighted by atomic mass is 9.87. The highest BCUT2D eigenvalue weighted by Crippen LogP contribution is 2.39. The predicted octanol–water partition coefficient (Wildman–Crippen LogP) is 4.13. The SMILES string of the molecule is COc1ccc(CC(N)=O)c2c1OC[C@H](N(CCCc1c[nH]c3ccc(F)cc13)C1CCC1)C2. The van der Waals surface area contributed by atoms with Gasteiger partial charge in [0.05, 0.1) is 13.5 Å². The Morgan fingerprint density at radius 3 is 2.82 bits per heavy atom. The normalized spacial score (nSPS) is 17.9. The van der Waals surface area contributed by atoms with Crippen LogP contribution in [0.3, 0.4) is 0 Å². The number of nitrogens with one attached hydrogen (secondary N) is 1. The summed E-state index contributed by atoms with van der Waals surface area (Å²) in [7, 11) is 1.63. The van der Waals surface area contributed by atoms with Crippen LogP contribution in [-0.2, 0) is 24.1 Å². The van der Waals surface area contributed by atoms with Gasteiger partial charge < -0.3 is 20.2 Å². The Hall–Kier alpha value is -3.06. The second kappa shape index (κ2) is 9.66. The molecular weight excluding hydrogens is 433 g/mol. The molecule has 0 saturated heterocycles. The quantitative estimate of drug-likeness (QED) is 0.498. The van der Waals surface area contributed by atoms with Gasteiger partial charge in [-0.05, 0) is 74.0 Å². The number of nitrogens with two attached hydrogens (primary N) is 1. The highest BCUT2D eigenvalue weighted by molar-refractivity contribution is 5.83. The average molecular weight is 466 g/mol. The molecule has 2 aromatic carbocycles. The Labute approximate surface area is 199 Å². The molecule has 6 nitrogen and oxygen atoms in total. The fraction of sp³-hybridized carbons (Fsp3) is 0.444. The third-order valence-electron chi connectivity index (χ3n) is 7.37. The number of nitrogens with zero attached hydrogens (tertiary/aromatic N) is 1. The zero-order valence-corrected chi connectivity index (χ0v) is 19.6. The number of carbonyl (C=O) groups is 1. The van der Waals surface area contributed by atoms with E-state index in [1.54, 1.807) is 19.2 Å². The molecule has 1 atom stereocenters. The van der Waals surface area contributed by atoms with Gasteiger partial charge in [-0.1, -0.05) is 12.5 Å². The lowest BCUT2D eigenvalue weighted by Gasteiger charge is -2.44. The first-order valence-corrected chi connectivity index (χ1v) is 12.1. The van der Waals surface area contributed by atoms with Crippen molar-refractivity contribution in [3.63, 3.8) is 0 Å². The maximum Gasteiger partial charge on any atom is 0.221 e. The third kappa shape index (κ3) is 4.49. The molecule has 7 heteroatoms. The van der Waals surface area contributed by atoms with Gasteiger partial charge in [0, 0.05) is 34.7 Å². The van der Waals surface area contributed by atoms with Gasteiger partial charge in [-0.2, -0.15) is 0 Å². The van der Waals surface area contributed by atoms with Crippen LogP contribution in [-0.4, -0.2) is 48.1 Å². The number of halogens is 1. The van der Waals surface area contributed by atoms with Gasteiger partial charge in [-0.25, -0.2) is 4.39 Å². The van der Waals surface area contributed by atoms with E-state index in [-0.39, 0.29) is 24.2 Å². The summed E-state index contributed by atoms with van der Waals surface area (Å²) in [5.74, 6) is 0.889. The van der Waals surface area contributed by atoms with Crippen molar-refractivity contribution < 1.29 is 18.7 Å². The van der Waals surface area contributed by atoms with Crippen LogP contribution < -0.4 is 15.2 Å². The van der Waals surface area contributed by atoms with E-state index in [2.05, 4.69) is 9.88 Å². The number of H-pyrrole nitrogens is 1. The minimum absolute atomic E-state index is 0.197. The Bertz CT molecular complexity index is 1190. The molecule has 180 valence electrons. The van der Waals surface area contributed by atoms with Crippen molar-refractivity contribution in [1.82, 2.24) is 9.88 Å². The molecule has 2 heterocycles. The molecule has 3 N–H and O–H groups in total. The van der Waals surface area contributed by atoms with Crippen LogP contribution in [0.15, 0.2) is 36.5 Å². The Morgan fingerprint density at radius 1 is 1.24 bits per heavy atom. The van der Waals surface area contributed by atoms with E-state index in [9.17, 15) is 9.18 Å². The summed E-state index contributed by atoms with van der Waals surface area (Å²) in [4.78, 5) is 17.5. The van der Waals surface area contributed by atoms with Crippen LogP contribution in [0.4, 0.5) is 4.39 Å². The molecule has 0 spiro atoms. The van der Waals surface area contributed by atoms with Crippen molar-refractivity contribution in [3.8, 4) is 11.5 Å². The van der Waals surface area contributed by atoms with E-state index < -0.39 is 0 Å². The maximum absolute atomic E-state index is 13.8. The zero-order chi connectivity index (χ0) is 23.7. The monoisotopic (exact) mass is 465 g/mol. The standard InChI is InChI=1S/C27H32FN3O3/c1-33-25-10-7-17(12-26(29)32)23-14-21(16-34-27(23)25)31(20-5-2-6-20)11-3-4-18-15-30-24-9-8-19(28)13-22(18)24/h7-10,13,15,20-21,30H,2-6,11-12,14,16H2,1H3,(H2,29,32)/t21-/m1/s1. The van der Waals surface area contributed by atoms with Crippen LogP contribution in [0.5, 0.6) is 11.5 Å². The van der Waals surface area contributed by atoms with Crippen molar-refractivity contribution in [3.05, 3.63) is 59.0 Å². The average Bonchev–Trinajstić information content (AvgIpc) is 3.19. The lowest BCUT2D eigenvalue weighted by Crippen LogP contribution is -2.51. The van der Waals surface area contributed by atoms with E-state index in [1.165, 1.54) is 25.3 Å². The summed E-state index contributed by atoms with van der Waals surface area (Å²) in [5, 5.41) is 0.966. The van der Waals surface area contributed by atoms with E-state index in [0.29, 0.717) is 18.4 Å². The summed E-state index contributed by atoms with van der Waals surface area (Å²) in [6, 6.07) is 9.47. The first-order valence-electron chi connectivity index (χ1n) is 12.1. The molecule has 1 saturated carbocycles. The highest BCUT2D eigenvalue weighted by atomic mass is 19.1. The molecule has 1 aromatic heterocycles. The molecule has 1 amide bonds. The summed E-state index contributed by atoms with van der Waals surface area (Å²) in [6.45, 7) is 1.54. The van der Waals surface area contributed by atoms with Gasteiger partial charge in [0.25, 0.3) is 0 Å². The van der Waals surface area contributed by atoms with Crippen molar-refractivity contribution >= 4 is 16.8 Å². The molecule has 0 radical (unpaired) electrons. The van der Waals surface area contributed by atoms with Crippen LogP contribution in [0.1, 0.15) is 42.4 Å². The summed E-state index contributed by atoms with van der Waals surface area (Å²) in [5.41, 5.74) is 9.59. The largest absolute Gasteiger partial charge is 0.493 e. The lowest BCUT2D eigenvalue weighted by molar-refractivity contribution is -0.117.